The van der Waals surface area contributed by atoms with Crippen molar-refractivity contribution >= 4 is 21.3 Å². The third-order valence-electron chi connectivity index (χ3n) is 2.49. The summed E-state index contributed by atoms with van der Waals surface area (Å²) in [7, 11) is -3.60. The molecule has 0 aromatic heterocycles. The Morgan fingerprint density at radius 2 is 1.88 bits per heavy atom. The van der Waals surface area contributed by atoms with E-state index in [1.807, 2.05) is 0 Å². The van der Waals surface area contributed by atoms with Gasteiger partial charge in [0.25, 0.3) is 0 Å². The molecule has 94 valence electrons. The molecule has 1 rings (SSSR count). The van der Waals surface area contributed by atoms with E-state index in [2.05, 4.69) is 0 Å². The van der Waals surface area contributed by atoms with Crippen LogP contribution in [0.15, 0.2) is 24.3 Å². The fourth-order valence-electron chi connectivity index (χ4n) is 1.39. The van der Waals surface area contributed by atoms with Crippen molar-refractivity contribution in [2.24, 2.45) is 0 Å². The maximum Gasteiger partial charge on any atom is 0.183 e. The molecule has 0 saturated heterocycles. The van der Waals surface area contributed by atoms with E-state index in [0.29, 0.717) is 5.69 Å². The largest absolute Gasteiger partial charge is 0.399 e. The van der Waals surface area contributed by atoms with Gasteiger partial charge in [0.15, 0.2) is 15.6 Å². The first-order valence-electron chi connectivity index (χ1n) is 5.14. The number of aliphatic hydroxyl groups excluding tert-OH is 1. The Kier molecular flexibility index (Phi) is 4.25. The minimum Gasteiger partial charge on any atom is -0.399 e. The average molecular weight is 257 g/mol. The number of nitrogens with two attached hydrogens (primary N) is 1. The molecule has 3 N–H and O–H groups in total. The predicted octanol–water partition coefficient (Wildman–Crippen LogP) is 0.247. The third-order valence-corrected chi connectivity index (χ3v) is 4.52. The van der Waals surface area contributed by atoms with E-state index in [9.17, 15) is 13.2 Å². The highest BCUT2D eigenvalue weighted by Crippen LogP contribution is 2.13. The molecule has 17 heavy (non-hydrogen) atoms. The topological polar surface area (TPSA) is 97.5 Å². The number of rotatable bonds is 5. The standard InChI is InChI=1S/C11H15NO4S/c1-2-17(15,16)10(7-13)11(14)8-3-5-9(12)6-4-8/h3-6,10,13H,2,7,12H2,1H3/t10-/m1/s1. The smallest absolute Gasteiger partial charge is 0.183 e. The van der Waals surface area contributed by atoms with E-state index in [1.54, 1.807) is 0 Å². The molecule has 0 fully saturated rings. The first-order valence-corrected chi connectivity index (χ1v) is 6.86. The van der Waals surface area contributed by atoms with Gasteiger partial charge in [-0.05, 0) is 24.3 Å². The summed E-state index contributed by atoms with van der Waals surface area (Å²) in [6.45, 7) is 0.730. The van der Waals surface area contributed by atoms with Gasteiger partial charge in [-0.25, -0.2) is 8.42 Å². The van der Waals surface area contributed by atoms with Crippen LogP contribution >= 0.6 is 0 Å². The fourth-order valence-corrected chi connectivity index (χ4v) is 2.49. The van der Waals surface area contributed by atoms with Gasteiger partial charge < -0.3 is 10.8 Å². The summed E-state index contributed by atoms with van der Waals surface area (Å²) >= 11 is 0. The van der Waals surface area contributed by atoms with Crippen molar-refractivity contribution in [3.8, 4) is 0 Å². The van der Waals surface area contributed by atoms with Crippen LogP contribution in [0.25, 0.3) is 0 Å². The lowest BCUT2D eigenvalue weighted by Crippen LogP contribution is -2.35. The summed E-state index contributed by atoms with van der Waals surface area (Å²) in [5, 5.41) is 7.66. The second-order valence-corrected chi connectivity index (χ2v) is 6.08. The molecular formula is C11H15NO4S. The van der Waals surface area contributed by atoms with Gasteiger partial charge in [0.1, 0.15) is 5.25 Å². The minimum atomic E-state index is -3.60. The molecule has 0 radical (unpaired) electrons. The number of carbonyl (C=O) groups is 1. The Morgan fingerprint density at radius 3 is 2.29 bits per heavy atom. The lowest BCUT2D eigenvalue weighted by Gasteiger charge is -2.12. The summed E-state index contributed by atoms with van der Waals surface area (Å²) in [5.74, 6) is -0.784. The summed E-state index contributed by atoms with van der Waals surface area (Å²) in [4.78, 5) is 11.9. The van der Waals surface area contributed by atoms with Crippen LogP contribution in [0.3, 0.4) is 0 Å². The maximum absolute atomic E-state index is 11.9. The second-order valence-electron chi connectivity index (χ2n) is 3.61. The fraction of sp³-hybridized carbons (Fsp3) is 0.364. The quantitative estimate of drug-likeness (QED) is 0.582. The maximum atomic E-state index is 11.9. The zero-order valence-corrected chi connectivity index (χ0v) is 10.3. The van der Waals surface area contributed by atoms with Gasteiger partial charge in [0, 0.05) is 17.0 Å². The second kappa shape index (κ2) is 5.29. The molecule has 5 nitrogen and oxygen atoms in total. The summed E-state index contributed by atoms with van der Waals surface area (Å²) in [5.41, 5.74) is 6.19. The molecular weight excluding hydrogens is 242 g/mol. The van der Waals surface area contributed by atoms with Crippen molar-refractivity contribution in [3.63, 3.8) is 0 Å². The summed E-state index contributed by atoms with van der Waals surface area (Å²) in [6.07, 6.45) is 0. The van der Waals surface area contributed by atoms with E-state index >= 15 is 0 Å². The Bertz CT molecular complexity index is 493. The van der Waals surface area contributed by atoms with Gasteiger partial charge in [-0.3, -0.25) is 4.79 Å². The highest BCUT2D eigenvalue weighted by atomic mass is 32.2. The van der Waals surface area contributed by atoms with Crippen molar-refractivity contribution in [1.82, 2.24) is 0 Å². The number of benzene rings is 1. The number of nitrogen functional groups attached to an aromatic ring is 1. The van der Waals surface area contributed by atoms with Crippen LogP contribution < -0.4 is 5.73 Å². The molecule has 0 aliphatic heterocycles. The minimum absolute atomic E-state index is 0.182. The normalized spacial score (nSPS) is 13.3. The Hall–Kier alpha value is -1.40. The van der Waals surface area contributed by atoms with Gasteiger partial charge in [0.2, 0.25) is 0 Å². The molecule has 6 heteroatoms. The number of hydrogen-bond donors (Lipinski definition) is 2. The Morgan fingerprint density at radius 1 is 1.35 bits per heavy atom. The molecule has 0 amide bonds. The Labute approximate surface area is 100 Å². The van der Waals surface area contributed by atoms with Crippen LogP contribution in [0.2, 0.25) is 0 Å². The number of Topliss-reactive ketones (excluding diaryl/α,β-unsaturated/α-hetero) is 1. The van der Waals surface area contributed by atoms with Crippen LogP contribution in [0.5, 0.6) is 0 Å². The molecule has 0 unspecified atom stereocenters. The number of aliphatic hydroxyl groups is 1. The van der Waals surface area contributed by atoms with Crippen molar-refractivity contribution < 1.29 is 18.3 Å². The lowest BCUT2D eigenvalue weighted by atomic mass is 10.1. The molecule has 1 aromatic rings. The van der Waals surface area contributed by atoms with Gasteiger partial charge in [-0.1, -0.05) is 6.92 Å². The molecule has 1 atom stereocenters. The van der Waals surface area contributed by atoms with Crippen molar-refractivity contribution in [2.45, 2.75) is 12.2 Å². The Balaban J connectivity index is 3.07. The van der Waals surface area contributed by atoms with E-state index in [1.165, 1.54) is 31.2 Å². The molecule has 1 aromatic carbocycles. The van der Waals surface area contributed by atoms with Crippen LogP contribution in [-0.2, 0) is 9.84 Å². The van der Waals surface area contributed by atoms with Crippen LogP contribution in [0.1, 0.15) is 17.3 Å². The SMILES string of the molecule is CCS(=O)(=O)[C@H](CO)C(=O)c1ccc(N)cc1. The zero-order chi connectivity index (χ0) is 13.1. The summed E-state index contributed by atoms with van der Waals surface area (Å²) < 4.78 is 23.2. The van der Waals surface area contributed by atoms with Gasteiger partial charge in [-0.15, -0.1) is 0 Å². The molecule has 0 saturated carbocycles. The van der Waals surface area contributed by atoms with Gasteiger partial charge >= 0.3 is 0 Å². The molecule has 0 aliphatic rings. The summed E-state index contributed by atoms with van der Waals surface area (Å²) in [6, 6.07) is 5.93. The highest BCUT2D eigenvalue weighted by Gasteiger charge is 2.30. The van der Waals surface area contributed by atoms with E-state index in [0.717, 1.165) is 0 Å². The monoisotopic (exact) mass is 257 g/mol. The van der Waals surface area contributed by atoms with E-state index in [-0.39, 0.29) is 11.3 Å². The number of anilines is 1. The third kappa shape index (κ3) is 3.04. The first-order chi connectivity index (χ1) is 7.92. The van der Waals surface area contributed by atoms with Crippen LogP contribution in [0, 0.1) is 0 Å². The zero-order valence-electron chi connectivity index (χ0n) is 9.46. The lowest BCUT2D eigenvalue weighted by molar-refractivity contribution is 0.0961. The number of hydrogen-bond acceptors (Lipinski definition) is 5. The molecule has 0 spiro atoms. The number of ketones is 1. The average Bonchev–Trinajstić information content (AvgIpc) is 2.30. The number of sulfone groups is 1. The van der Waals surface area contributed by atoms with Crippen molar-refractivity contribution in [1.29, 1.82) is 0 Å². The van der Waals surface area contributed by atoms with Gasteiger partial charge in [0.05, 0.1) is 6.61 Å². The highest BCUT2D eigenvalue weighted by molar-refractivity contribution is 7.92. The first kappa shape index (κ1) is 13.7. The molecule has 0 bridgehead atoms. The van der Waals surface area contributed by atoms with Crippen molar-refractivity contribution in [2.75, 3.05) is 18.1 Å². The van der Waals surface area contributed by atoms with Crippen LogP contribution in [-0.4, -0.2) is 36.9 Å². The van der Waals surface area contributed by atoms with Crippen molar-refractivity contribution in [3.05, 3.63) is 29.8 Å². The van der Waals surface area contributed by atoms with Gasteiger partial charge in [-0.2, -0.15) is 0 Å². The van der Waals surface area contributed by atoms with E-state index < -0.39 is 27.5 Å². The van der Waals surface area contributed by atoms with E-state index in [4.69, 9.17) is 10.8 Å². The molecule has 0 aliphatic carbocycles. The predicted molar refractivity (Wildman–Crippen MR) is 65.5 cm³/mol. The number of carbonyl (C=O) groups excluding carboxylic acids is 1. The van der Waals surface area contributed by atoms with Crippen LogP contribution in [0.4, 0.5) is 5.69 Å². The molecule has 0 heterocycles.